The Morgan fingerprint density at radius 2 is 2.10 bits per heavy atom. The molecule has 0 aromatic heterocycles. The standard InChI is InChI=1S/C15H22N2OS2/c1-19-10-7-13(16)14(18)17-11-15(8-9-15)20-12-5-3-2-4-6-12/h2-6,13H,7-11,16H2,1H3,(H,17,18)/t13-/m0/s1. The molecule has 1 aromatic rings. The number of rotatable bonds is 8. The lowest BCUT2D eigenvalue weighted by Crippen LogP contribution is -2.43. The van der Waals surface area contributed by atoms with Crippen LogP contribution >= 0.6 is 23.5 Å². The fourth-order valence-electron chi connectivity index (χ4n) is 1.95. The second kappa shape index (κ2) is 7.38. The van der Waals surface area contributed by atoms with Crippen LogP contribution in [0.4, 0.5) is 0 Å². The normalized spacial score (nSPS) is 17.5. The van der Waals surface area contributed by atoms with Crippen molar-refractivity contribution in [1.82, 2.24) is 5.32 Å². The number of thioether (sulfide) groups is 2. The molecule has 0 spiro atoms. The molecule has 1 amide bonds. The minimum absolute atomic E-state index is 0.0148. The molecule has 0 aliphatic heterocycles. The minimum atomic E-state index is -0.375. The molecule has 20 heavy (non-hydrogen) atoms. The van der Waals surface area contributed by atoms with Gasteiger partial charge < -0.3 is 11.1 Å². The molecule has 0 heterocycles. The van der Waals surface area contributed by atoms with Crippen LogP contribution in [0.2, 0.25) is 0 Å². The minimum Gasteiger partial charge on any atom is -0.353 e. The molecule has 110 valence electrons. The third kappa shape index (κ3) is 4.72. The van der Waals surface area contributed by atoms with Crippen molar-refractivity contribution in [3.63, 3.8) is 0 Å². The van der Waals surface area contributed by atoms with Gasteiger partial charge in [-0.2, -0.15) is 11.8 Å². The van der Waals surface area contributed by atoms with Crippen LogP contribution in [0.3, 0.4) is 0 Å². The predicted octanol–water partition coefficient (Wildman–Crippen LogP) is 2.51. The molecule has 1 atom stereocenters. The number of carbonyl (C=O) groups excluding carboxylic acids is 1. The first-order valence-electron chi connectivity index (χ1n) is 6.91. The first-order valence-corrected chi connectivity index (χ1v) is 9.12. The van der Waals surface area contributed by atoms with Crippen molar-refractivity contribution in [3.8, 4) is 0 Å². The van der Waals surface area contributed by atoms with Crippen LogP contribution in [0, 0.1) is 0 Å². The number of nitrogens with two attached hydrogens (primary N) is 1. The van der Waals surface area contributed by atoms with Gasteiger partial charge in [-0.05, 0) is 43.4 Å². The fraction of sp³-hybridized carbons (Fsp3) is 0.533. The molecule has 0 saturated heterocycles. The van der Waals surface area contributed by atoms with Crippen LogP contribution in [-0.4, -0.2) is 35.2 Å². The van der Waals surface area contributed by atoms with E-state index < -0.39 is 0 Å². The van der Waals surface area contributed by atoms with Crippen LogP contribution in [0.5, 0.6) is 0 Å². The molecule has 3 nitrogen and oxygen atoms in total. The molecule has 1 aromatic carbocycles. The first-order chi connectivity index (χ1) is 9.65. The summed E-state index contributed by atoms with van der Waals surface area (Å²) in [7, 11) is 0. The zero-order valence-electron chi connectivity index (χ0n) is 11.8. The van der Waals surface area contributed by atoms with Crippen LogP contribution < -0.4 is 11.1 Å². The summed E-state index contributed by atoms with van der Waals surface area (Å²) in [6.45, 7) is 0.721. The van der Waals surface area contributed by atoms with Crippen molar-refractivity contribution in [2.75, 3.05) is 18.6 Å². The summed E-state index contributed by atoms with van der Waals surface area (Å²) in [5, 5.41) is 3.02. The van der Waals surface area contributed by atoms with Crippen molar-refractivity contribution in [3.05, 3.63) is 30.3 Å². The van der Waals surface area contributed by atoms with E-state index in [-0.39, 0.29) is 16.7 Å². The van der Waals surface area contributed by atoms with Crippen LogP contribution in [0.1, 0.15) is 19.3 Å². The average Bonchev–Trinajstić information content (AvgIpc) is 3.23. The predicted molar refractivity (Wildman–Crippen MR) is 88.2 cm³/mol. The average molecular weight is 310 g/mol. The lowest BCUT2D eigenvalue weighted by molar-refractivity contribution is -0.122. The smallest absolute Gasteiger partial charge is 0.236 e. The van der Waals surface area contributed by atoms with Gasteiger partial charge in [-0.15, -0.1) is 11.8 Å². The molecule has 2 rings (SSSR count). The van der Waals surface area contributed by atoms with E-state index in [0.29, 0.717) is 0 Å². The molecule has 1 saturated carbocycles. The van der Waals surface area contributed by atoms with Gasteiger partial charge in [0.05, 0.1) is 6.04 Å². The van der Waals surface area contributed by atoms with E-state index in [2.05, 4.69) is 29.6 Å². The van der Waals surface area contributed by atoms with E-state index in [1.54, 1.807) is 11.8 Å². The van der Waals surface area contributed by atoms with Crippen LogP contribution in [0.25, 0.3) is 0 Å². The summed E-state index contributed by atoms with van der Waals surface area (Å²) in [5.41, 5.74) is 5.87. The third-order valence-corrected chi connectivity index (χ3v) is 5.58. The van der Waals surface area contributed by atoms with Gasteiger partial charge in [0, 0.05) is 16.2 Å². The Morgan fingerprint density at radius 1 is 1.40 bits per heavy atom. The fourth-order valence-corrected chi connectivity index (χ4v) is 3.68. The molecule has 1 aliphatic carbocycles. The maximum Gasteiger partial charge on any atom is 0.236 e. The molecular weight excluding hydrogens is 288 g/mol. The third-order valence-electron chi connectivity index (χ3n) is 3.44. The summed E-state index contributed by atoms with van der Waals surface area (Å²) in [5.74, 6) is 0.914. The zero-order chi connectivity index (χ0) is 14.4. The Hall–Kier alpha value is -0.650. The molecule has 3 N–H and O–H groups in total. The Labute approximate surface area is 129 Å². The Kier molecular flexibility index (Phi) is 5.81. The summed E-state index contributed by atoms with van der Waals surface area (Å²) in [6.07, 6.45) is 5.09. The van der Waals surface area contributed by atoms with Gasteiger partial charge in [0.15, 0.2) is 0 Å². The maximum absolute atomic E-state index is 11.9. The van der Waals surface area contributed by atoms with E-state index in [9.17, 15) is 4.79 Å². The quantitative estimate of drug-likeness (QED) is 0.774. The molecular formula is C15H22N2OS2. The number of hydrogen-bond acceptors (Lipinski definition) is 4. The lowest BCUT2D eigenvalue weighted by Gasteiger charge is -2.18. The van der Waals surface area contributed by atoms with E-state index in [1.807, 2.05) is 24.1 Å². The largest absolute Gasteiger partial charge is 0.353 e. The number of amides is 1. The van der Waals surface area contributed by atoms with Gasteiger partial charge >= 0.3 is 0 Å². The van der Waals surface area contributed by atoms with Crippen LogP contribution in [-0.2, 0) is 4.79 Å². The summed E-state index contributed by atoms with van der Waals surface area (Å²) < 4.78 is 0.191. The van der Waals surface area contributed by atoms with Crippen molar-refractivity contribution >= 4 is 29.4 Å². The van der Waals surface area contributed by atoms with Gasteiger partial charge in [-0.3, -0.25) is 4.79 Å². The number of benzene rings is 1. The number of carbonyl (C=O) groups is 1. The first kappa shape index (κ1) is 15.7. The monoisotopic (exact) mass is 310 g/mol. The summed E-state index contributed by atoms with van der Waals surface area (Å²) in [4.78, 5) is 13.2. The zero-order valence-corrected chi connectivity index (χ0v) is 13.4. The highest BCUT2D eigenvalue weighted by Gasteiger charge is 2.44. The van der Waals surface area contributed by atoms with E-state index in [0.717, 1.165) is 31.6 Å². The Balaban J connectivity index is 1.77. The van der Waals surface area contributed by atoms with Gasteiger partial charge in [-0.25, -0.2) is 0 Å². The molecule has 5 heteroatoms. The van der Waals surface area contributed by atoms with Crippen molar-refractivity contribution < 1.29 is 4.79 Å². The molecule has 0 bridgehead atoms. The highest BCUT2D eigenvalue weighted by atomic mass is 32.2. The Bertz CT molecular complexity index is 435. The second-order valence-corrected chi connectivity index (χ2v) is 7.73. The van der Waals surface area contributed by atoms with Crippen LogP contribution in [0.15, 0.2) is 35.2 Å². The molecule has 1 aliphatic rings. The lowest BCUT2D eigenvalue weighted by atomic mass is 10.2. The van der Waals surface area contributed by atoms with Crippen molar-refractivity contribution in [2.45, 2.75) is 34.9 Å². The second-order valence-electron chi connectivity index (χ2n) is 5.20. The van der Waals surface area contributed by atoms with Crippen molar-refractivity contribution in [1.29, 1.82) is 0 Å². The van der Waals surface area contributed by atoms with E-state index in [4.69, 9.17) is 5.73 Å². The van der Waals surface area contributed by atoms with Gasteiger partial charge in [0.25, 0.3) is 0 Å². The number of hydrogen-bond donors (Lipinski definition) is 2. The summed E-state index contributed by atoms with van der Waals surface area (Å²) in [6, 6.07) is 9.99. The molecule has 0 radical (unpaired) electrons. The molecule has 0 unspecified atom stereocenters. The number of nitrogens with one attached hydrogen (secondary N) is 1. The van der Waals surface area contributed by atoms with E-state index >= 15 is 0 Å². The van der Waals surface area contributed by atoms with Crippen molar-refractivity contribution in [2.24, 2.45) is 5.73 Å². The SMILES string of the molecule is CSCC[C@H](N)C(=O)NCC1(Sc2ccccc2)CC1. The Morgan fingerprint density at radius 3 is 2.70 bits per heavy atom. The van der Waals surface area contributed by atoms with Gasteiger partial charge in [-0.1, -0.05) is 18.2 Å². The van der Waals surface area contributed by atoms with Gasteiger partial charge in [0.2, 0.25) is 5.91 Å². The van der Waals surface area contributed by atoms with Gasteiger partial charge in [0.1, 0.15) is 0 Å². The summed E-state index contributed by atoms with van der Waals surface area (Å²) >= 11 is 3.59. The highest BCUT2D eigenvalue weighted by molar-refractivity contribution is 8.01. The molecule has 1 fully saturated rings. The topological polar surface area (TPSA) is 55.1 Å². The maximum atomic E-state index is 11.9. The highest BCUT2D eigenvalue weighted by Crippen LogP contribution is 2.51. The van der Waals surface area contributed by atoms with E-state index in [1.165, 1.54) is 4.90 Å².